The van der Waals surface area contributed by atoms with Gasteiger partial charge in [0.25, 0.3) is 0 Å². The molecule has 0 aliphatic carbocycles. The molecule has 1 aromatic heterocycles. The van der Waals surface area contributed by atoms with E-state index >= 15 is 0 Å². The maximum atomic E-state index is 11.8. The number of hydrogen-bond acceptors (Lipinski definition) is 5. The third-order valence-electron chi connectivity index (χ3n) is 2.84. The van der Waals surface area contributed by atoms with Crippen LogP contribution in [0.25, 0.3) is 0 Å². The molecular weight excluding hydrogens is 330 g/mol. The molecule has 2 aromatic rings. The predicted molar refractivity (Wildman–Crippen MR) is 88.8 cm³/mol. The van der Waals surface area contributed by atoms with E-state index in [1.54, 1.807) is 37.3 Å². The van der Waals surface area contributed by atoms with Crippen molar-refractivity contribution in [3.05, 3.63) is 64.4 Å². The summed E-state index contributed by atoms with van der Waals surface area (Å²) in [5.74, 6) is 4.54. The lowest BCUT2D eigenvalue weighted by molar-refractivity contribution is 0.0523. The van der Waals surface area contributed by atoms with E-state index in [0.717, 1.165) is 0 Å². The van der Waals surface area contributed by atoms with Crippen LogP contribution in [0.2, 0.25) is 5.02 Å². The summed E-state index contributed by atoms with van der Waals surface area (Å²) in [7, 11) is 0. The lowest BCUT2D eigenvalue weighted by atomic mass is 10.2. The summed E-state index contributed by atoms with van der Waals surface area (Å²) < 4.78 is 9.93. The quantitative estimate of drug-likeness (QED) is 0.630. The van der Waals surface area contributed by atoms with Gasteiger partial charge in [0.15, 0.2) is 6.61 Å². The Hall–Kier alpha value is -2.84. The molecule has 0 bridgehead atoms. The van der Waals surface area contributed by atoms with Gasteiger partial charge in [-0.3, -0.25) is 4.98 Å². The first-order valence-corrected chi connectivity index (χ1v) is 7.51. The number of pyridine rings is 1. The second-order valence-electron chi connectivity index (χ2n) is 4.57. The summed E-state index contributed by atoms with van der Waals surface area (Å²) in [6.07, 6.45) is 2.92. The monoisotopic (exact) mass is 343 g/mol. The third kappa shape index (κ3) is 5.11. The van der Waals surface area contributed by atoms with Crippen LogP contribution in [0.3, 0.4) is 0 Å². The SMILES string of the molecule is CCOC(=O)c1cncc(C#CCOC(=O)c2ccc(Cl)cc2)c1. The zero-order valence-electron chi connectivity index (χ0n) is 12.9. The number of ether oxygens (including phenoxy) is 2. The van der Waals surface area contributed by atoms with Gasteiger partial charge in [-0.05, 0) is 37.3 Å². The summed E-state index contributed by atoms with van der Waals surface area (Å²) in [6, 6.07) is 7.93. The topological polar surface area (TPSA) is 65.5 Å². The van der Waals surface area contributed by atoms with Crippen molar-refractivity contribution in [1.29, 1.82) is 0 Å². The van der Waals surface area contributed by atoms with E-state index in [-0.39, 0.29) is 13.2 Å². The first kappa shape index (κ1) is 17.5. The summed E-state index contributed by atoms with van der Waals surface area (Å²) in [5, 5.41) is 0.542. The minimum absolute atomic E-state index is 0.0783. The van der Waals surface area contributed by atoms with Gasteiger partial charge >= 0.3 is 11.9 Å². The number of esters is 2. The lowest BCUT2D eigenvalue weighted by Gasteiger charge is -2.01. The van der Waals surface area contributed by atoms with Crippen LogP contribution in [0.5, 0.6) is 0 Å². The minimum Gasteiger partial charge on any atom is -0.462 e. The molecule has 0 radical (unpaired) electrons. The molecule has 0 aliphatic heterocycles. The Labute approximate surface area is 144 Å². The second kappa shape index (κ2) is 8.70. The van der Waals surface area contributed by atoms with Crippen LogP contribution in [0.1, 0.15) is 33.2 Å². The fourth-order valence-electron chi connectivity index (χ4n) is 1.74. The number of aromatic nitrogens is 1. The highest BCUT2D eigenvalue weighted by Crippen LogP contribution is 2.10. The average Bonchev–Trinajstić information content (AvgIpc) is 2.59. The standard InChI is InChI=1S/C18H14ClNO4/c1-2-23-18(22)15-10-13(11-20-12-15)4-3-9-24-17(21)14-5-7-16(19)8-6-14/h5-8,10-12H,2,9H2,1H3. The van der Waals surface area contributed by atoms with E-state index in [9.17, 15) is 9.59 Å². The first-order valence-electron chi connectivity index (χ1n) is 7.14. The van der Waals surface area contributed by atoms with Gasteiger partial charge in [-0.15, -0.1) is 0 Å². The maximum absolute atomic E-state index is 11.8. The highest BCUT2D eigenvalue weighted by molar-refractivity contribution is 6.30. The summed E-state index contributed by atoms with van der Waals surface area (Å²) in [4.78, 5) is 27.3. The second-order valence-corrected chi connectivity index (χ2v) is 5.00. The number of rotatable bonds is 4. The highest BCUT2D eigenvalue weighted by atomic mass is 35.5. The smallest absolute Gasteiger partial charge is 0.339 e. The zero-order valence-corrected chi connectivity index (χ0v) is 13.7. The summed E-state index contributed by atoms with van der Waals surface area (Å²) in [5.41, 5.74) is 1.25. The lowest BCUT2D eigenvalue weighted by Crippen LogP contribution is -2.05. The zero-order chi connectivity index (χ0) is 17.4. The van der Waals surface area contributed by atoms with Crippen molar-refractivity contribution in [3.8, 4) is 11.8 Å². The molecule has 0 spiro atoms. The molecule has 2 rings (SSSR count). The van der Waals surface area contributed by atoms with E-state index in [1.165, 1.54) is 12.4 Å². The van der Waals surface area contributed by atoms with Crippen LogP contribution >= 0.6 is 11.6 Å². The number of halogens is 1. The van der Waals surface area contributed by atoms with Gasteiger partial charge in [-0.25, -0.2) is 9.59 Å². The predicted octanol–water partition coefficient (Wildman–Crippen LogP) is 3.12. The molecule has 0 N–H and O–H groups in total. The molecule has 5 nitrogen and oxygen atoms in total. The van der Waals surface area contributed by atoms with E-state index in [1.807, 2.05) is 0 Å². The number of hydrogen-bond donors (Lipinski definition) is 0. The molecule has 0 saturated heterocycles. The normalized spacial score (nSPS) is 9.58. The molecule has 0 aliphatic rings. The Bertz CT molecular complexity index is 791. The van der Waals surface area contributed by atoms with Crippen molar-refractivity contribution >= 4 is 23.5 Å². The van der Waals surface area contributed by atoms with Crippen LogP contribution in [0, 0.1) is 11.8 Å². The summed E-state index contributed by atoms with van der Waals surface area (Å²) >= 11 is 5.75. The fourth-order valence-corrected chi connectivity index (χ4v) is 1.87. The largest absolute Gasteiger partial charge is 0.462 e. The van der Waals surface area contributed by atoms with Crippen molar-refractivity contribution in [2.45, 2.75) is 6.92 Å². The number of nitrogens with zero attached hydrogens (tertiary/aromatic N) is 1. The molecule has 0 fully saturated rings. The van der Waals surface area contributed by atoms with Crippen LogP contribution in [0.15, 0.2) is 42.7 Å². The molecule has 24 heavy (non-hydrogen) atoms. The molecule has 0 atom stereocenters. The van der Waals surface area contributed by atoms with Gasteiger partial charge < -0.3 is 9.47 Å². The summed E-state index contributed by atoms with van der Waals surface area (Å²) in [6.45, 7) is 1.94. The number of benzene rings is 1. The average molecular weight is 344 g/mol. The van der Waals surface area contributed by atoms with Crippen LogP contribution < -0.4 is 0 Å². The van der Waals surface area contributed by atoms with Gasteiger partial charge in [0.2, 0.25) is 0 Å². The van der Waals surface area contributed by atoms with E-state index < -0.39 is 11.9 Å². The Morgan fingerprint density at radius 3 is 2.50 bits per heavy atom. The molecule has 0 saturated carbocycles. The Balaban J connectivity index is 1.93. The molecule has 1 heterocycles. The van der Waals surface area contributed by atoms with Crippen molar-refractivity contribution in [2.75, 3.05) is 13.2 Å². The fraction of sp³-hybridized carbons (Fsp3) is 0.167. The molecule has 0 amide bonds. The van der Waals surface area contributed by atoms with Gasteiger partial charge in [0, 0.05) is 23.0 Å². The Morgan fingerprint density at radius 2 is 1.79 bits per heavy atom. The molecule has 6 heteroatoms. The van der Waals surface area contributed by atoms with Crippen LogP contribution in [-0.2, 0) is 9.47 Å². The molecule has 1 aromatic carbocycles. The van der Waals surface area contributed by atoms with Gasteiger partial charge in [-0.1, -0.05) is 23.4 Å². The Morgan fingerprint density at radius 1 is 1.08 bits per heavy atom. The Kier molecular flexibility index (Phi) is 6.35. The van der Waals surface area contributed by atoms with Gasteiger partial charge in [-0.2, -0.15) is 0 Å². The third-order valence-corrected chi connectivity index (χ3v) is 3.09. The molecule has 122 valence electrons. The van der Waals surface area contributed by atoms with Crippen LogP contribution in [0.4, 0.5) is 0 Å². The van der Waals surface area contributed by atoms with Gasteiger partial charge in [0.05, 0.1) is 17.7 Å². The number of carbonyl (C=O) groups excluding carboxylic acids is 2. The minimum atomic E-state index is -0.487. The molecular formula is C18H14ClNO4. The highest BCUT2D eigenvalue weighted by Gasteiger charge is 2.07. The first-order chi connectivity index (χ1) is 11.6. The van der Waals surface area contributed by atoms with Crippen molar-refractivity contribution in [3.63, 3.8) is 0 Å². The van der Waals surface area contributed by atoms with Crippen molar-refractivity contribution < 1.29 is 19.1 Å². The van der Waals surface area contributed by atoms with Crippen molar-refractivity contribution in [2.24, 2.45) is 0 Å². The van der Waals surface area contributed by atoms with E-state index in [0.29, 0.717) is 21.7 Å². The van der Waals surface area contributed by atoms with Gasteiger partial charge in [0.1, 0.15) is 0 Å². The number of carbonyl (C=O) groups is 2. The van der Waals surface area contributed by atoms with E-state index in [4.69, 9.17) is 21.1 Å². The van der Waals surface area contributed by atoms with Crippen molar-refractivity contribution in [1.82, 2.24) is 4.98 Å². The molecule has 0 unspecified atom stereocenters. The van der Waals surface area contributed by atoms with E-state index in [2.05, 4.69) is 16.8 Å². The van der Waals surface area contributed by atoms with Crippen LogP contribution in [-0.4, -0.2) is 30.1 Å². The maximum Gasteiger partial charge on any atom is 0.339 e.